The Balaban J connectivity index is 2.01. The van der Waals surface area contributed by atoms with Crippen molar-refractivity contribution in [3.05, 3.63) is 58.0 Å². The fourth-order valence-corrected chi connectivity index (χ4v) is 1.83. The summed E-state index contributed by atoms with van der Waals surface area (Å²) in [4.78, 5) is 11.5. The average Bonchev–Trinajstić information content (AvgIpc) is 2.82. The second-order valence-electron chi connectivity index (χ2n) is 3.24. The van der Waals surface area contributed by atoms with Gasteiger partial charge in [-0.05, 0) is 29.0 Å². The summed E-state index contributed by atoms with van der Waals surface area (Å²) in [6.07, 6.45) is 1.51. The lowest BCUT2D eigenvalue weighted by molar-refractivity contribution is 0.0951. The first kappa shape index (κ1) is 11.5. The zero-order valence-electron chi connectivity index (χ0n) is 8.76. The number of hydrazone groups is 1. The molecule has 0 aliphatic heterocycles. The molecular weight excluding hydrogens is 239 g/mol. The number of nitrogens with zero attached hydrogens (tertiary/aromatic N) is 1. The van der Waals surface area contributed by atoms with Gasteiger partial charge in [0.2, 0.25) is 0 Å². The van der Waals surface area contributed by atoms with E-state index in [1.54, 1.807) is 6.07 Å². The van der Waals surface area contributed by atoms with E-state index in [0.29, 0.717) is 0 Å². The molecule has 1 amide bonds. The van der Waals surface area contributed by atoms with Gasteiger partial charge in [0.05, 0.1) is 11.8 Å². The van der Waals surface area contributed by atoms with Gasteiger partial charge in [-0.3, -0.25) is 4.79 Å². The number of amides is 1. The summed E-state index contributed by atoms with van der Waals surface area (Å²) in [5.41, 5.74) is 3.15. The van der Waals surface area contributed by atoms with Crippen LogP contribution in [0.3, 0.4) is 0 Å². The zero-order chi connectivity index (χ0) is 12.1. The highest BCUT2D eigenvalue weighted by atomic mass is 32.1. The van der Waals surface area contributed by atoms with E-state index in [2.05, 4.69) is 10.5 Å². The average molecular weight is 248 g/mol. The van der Waals surface area contributed by atoms with Crippen LogP contribution in [-0.4, -0.2) is 12.1 Å². The second kappa shape index (κ2) is 5.36. The zero-order valence-corrected chi connectivity index (χ0v) is 9.58. The van der Waals surface area contributed by atoms with E-state index in [4.69, 9.17) is 0 Å². The van der Waals surface area contributed by atoms with Gasteiger partial charge in [0.1, 0.15) is 5.82 Å². The van der Waals surface area contributed by atoms with Crippen molar-refractivity contribution in [1.82, 2.24) is 5.43 Å². The quantitative estimate of drug-likeness (QED) is 0.658. The molecule has 0 unspecified atom stereocenters. The summed E-state index contributed by atoms with van der Waals surface area (Å²) < 4.78 is 13.2. The lowest BCUT2D eigenvalue weighted by atomic mass is 10.2. The number of thiophene rings is 1. The van der Waals surface area contributed by atoms with Gasteiger partial charge in [-0.2, -0.15) is 16.4 Å². The number of hydrogen-bond donors (Lipinski definition) is 1. The lowest BCUT2D eigenvalue weighted by Gasteiger charge is -2.00. The number of halogens is 1. The van der Waals surface area contributed by atoms with Crippen LogP contribution in [0, 0.1) is 5.82 Å². The van der Waals surface area contributed by atoms with Crippen molar-refractivity contribution in [2.75, 3.05) is 0 Å². The van der Waals surface area contributed by atoms with Crippen molar-refractivity contribution in [2.45, 2.75) is 0 Å². The first-order valence-corrected chi connectivity index (χ1v) is 5.82. The molecule has 0 saturated heterocycles. The molecule has 3 nitrogen and oxygen atoms in total. The Morgan fingerprint density at radius 1 is 1.35 bits per heavy atom. The minimum atomic E-state index is -0.561. The molecule has 1 N–H and O–H groups in total. The smallest absolute Gasteiger partial charge is 0.267 e. The summed E-state index contributed by atoms with van der Waals surface area (Å²) in [5, 5.41) is 7.54. The van der Waals surface area contributed by atoms with Gasteiger partial charge in [0, 0.05) is 5.56 Å². The Hall–Kier alpha value is -2.01. The second-order valence-corrected chi connectivity index (χ2v) is 4.02. The molecule has 0 radical (unpaired) electrons. The number of nitrogens with one attached hydrogen (secondary N) is 1. The molecule has 1 heterocycles. The number of carbonyl (C=O) groups is 1. The molecule has 5 heteroatoms. The molecule has 0 atom stereocenters. The third-order valence-corrected chi connectivity index (χ3v) is 2.74. The van der Waals surface area contributed by atoms with E-state index in [1.165, 1.54) is 35.8 Å². The fraction of sp³-hybridized carbons (Fsp3) is 0. The van der Waals surface area contributed by atoms with Crippen LogP contribution in [0.25, 0.3) is 0 Å². The molecule has 1 aromatic heterocycles. The van der Waals surface area contributed by atoms with Gasteiger partial charge in [-0.15, -0.1) is 0 Å². The van der Waals surface area contributed by atoms with Crippen molar-refractivity contribution < 1.29 is 9.18 Å². The van der Waals surface area contributed by atoms with Gasteiger partial charge in [0.25, 0.3) is 5.91 Å². The molecule has 2 aromatic rings. The minimum absolute atomic E-state index is 0.0185. The Labute approximate surface area is 102 Å². The predicted molar refractivity (Wildman–Crippen MR) is 65.8 cm³/mol. The molecule has 0 fully saturated rings. The highest BCUT2D eigenvalue weighted by molar-refractivity contribution is 7.08. The number of benzene rings is 1. The Morgan fingerprint density at radius 3 is 2.88 bits per heavy atom. The molecule has 0 aliphatic rings. The van der Waals surface area contributed by atoms with E-state index in [9.17, 15) is 9.18 Å². The maximum absolute atomic E-state index is 13.2. The number of rotatable bonds is 3. The van der Waals surface area contributed by atoms with Crippen LogP contribution in [-0.2, 0) is 0 Å². The summed E-state index contributed by atoms with van der Waals surface area (Å²) in [7, 11) is 0. The molecule has 0 bridgehead atoms. The van der Waals surface area contributed by atoms with E-state index in [-0.39, 0.29) is 5.56 Å². The monoisotopic (exact) mass is 248 g/mol. The van der Waals surface area contributed by atoms with E-state index in [0.717, 1.165) is 5.56 Å². The van der Waals surface area contributed by atoms with Crippen molar-refractivity contribution in [3.8, 4) is 0 Å². The van der Waals surface area contributed by atoms with Crippen LogP contribution >= 0.6 is 11.3 Å². The molecule has 0 spiro atoms. The van der Waals surface area contributed by atoms with Crippen LogP contribution in [0.15, 0.2) is 46.2 Å². The molecule has 1 aromatic carbocycles. The Morgan fingerprint density at radius 2 is 2.18 bits per heavy atom. The van der Waals surface area contributed by atoms with Crippen molar-refractivity contribution in [1.29, 1.82) is 0 Å². The van der Waals surface area contributed by atoms with Crippen molar-refractivity contribution in [2.24, 2.45) is 5.10 Å². The fourth-order valence-electron chi connectivity index (χ4n) is 1.22. The summed E-state index contributed by atoms with van der Waals surface area (Å²) >= 11 is 1.53. The Kier molecular flexibility index (Phi) is 3.62. The molecule has 0 saturated carbocycles. The van der Waals surface area contributed by atoms with Gasteiger partial charge in [0.15, 0.2) is 0 Å². The summed E-state index contributed by atoms with van der Waals surface area (Å²) in [5.74, 6) is -1.12. The minimum Gasteiger partial charge on any atom is -0.267 e. The summed E-state index contributed by atoms with van der Waals surface area (Å²) in [6.45, 7) is 0. The van der Waals surface area contributed by atoms with Crippen molar-refractivity contribution >= 4 is 23.5 Å². The molecular formula is C12H9FN2OS. The summed E-state index contributed by atoms with van der Waals surface area (Å²) in [6, 6.07) is 7.63. The van der Waals surface area contributed by atoms with Crippen LogP contribution < -0.4 is 5.43 Å². The maximum atomic E-state index is 13.2. The molecule has 17 heavy (non-hydrogen) atoms. The predicted octanol–water partition coefficient (Wildman–Crippen LogP) is 2.65. The van der Waals surface area contributed by atoms with Gasteiger partial charge in [-0.1, -0.05) is 12.1 Å². The van der Waals surface area contributed by atoms with Crippen molar-refractivity contribution in [3.63, 3.8) is 0 Å². The molecule has 0 aliphatic carbocycles. The maximum Gasteiger partial charge on any atom is 0.274 e. The van der Waals surface area contributed by atoms with Crippen LogP contribution in [0.5, 0.6) is 0 Å². The largest absolute Gasteiger partial charge is 0.274 e. The SMILES string of the molecule is O=C(N/N=C\c1ccsc1)c1ccccc1F. The van der Waals surface area contributed by atoms with Gasteiger partial charge >= 0.3 is 0 Å². The van der Waals surface area contributed by atoms with Crippen LogP contribution in [0.4, 0.5) is 4.39 Å². The number of carbonyl (C=O) groups excluding carboxylic acids is 1. The molecule has 86 valence electrons. The molecule has 2 rings (SSSR count). The van der Waals surface area contributed by atoms with Crippen LogP contribution in [0.1, 0.15) is 15.9 Å². The Bertz CT molecular complexity index is 537. The lowest BCUT2D eigenvalue weighted by Crippen LogP contribution is -2.18. The normalized spacial score (nSPS) is 10.6. The third kappa shape index (κ3) is 2.98. The highest BCUT2D eigenvalue weighted by Gasteiger charge is 2.08. The first-order valence-electron chi connectivity index (χ1n) is 4.87. The third-order valence-electron chi connectivity index (χ3n) is 2.04. The first-order chi connectivity index (χ1) is 8.27. The highest BCUT2D eigenvalue weighted by Crippen LogP contribution is 2.06. The van der Waals surface area contributed by atoms with Crippen LogP contribution in [0.2, 0.25) is 0 Å². The standard InChI is InChI=1S/C12H9FN2OS/c13-11-4-2-1-3-10(11)12(16)15-14-7-9-5-6-17-8-9/h1-8H,(H,15,16)/b14-7-. The van der Waals surface area contributed by atoms with E-state index >= 15 is 0 Å². The number of hydrogen-bond acceptors (Lipinski definition) is 3. The van der Waals surface area contributed by atoms with Gasteiger partial charge < -0.3 is 0 Å². The van der Waals surface area contributed by atoms with Gasteiger partial charge in [-0.25, -0.2) is 9.82 Å². The van der Waals surface area contributed by atoms with E-state index in [1.807, 2.05) is 16.8 Å². The van der Waals surface area contributed by atoms with E-state index < -0.39 is 11.7 Å². The topological polar surface area (TPSA) is 41.5 Å².